The van der Waals surface area contributed by atoms with E-state index in [9.17, 15) is 4.79 Å². The van der Waals surface area contributed by atoms with E-state index in [2.05, 4.69) is 36.1 Å². The van der Waals surface area contributed by atoms with Crippen molar-refractivity contribution in [2.45, 2.75) is 26.3 Å². The van der Waals surface area contributed by atoms with Gasteiger partial charge in [-0.15, -0.1) is 0 Å². The van der Waals surface area contributed by atoms with Crippen LogP contribution in [0, 0.1) is 0 Å². The second kappa shape index (κ2) is 7.74. The van der Waals surface area contributed by atoms with Crippen LogP contribution in [-0.2, 0) is 4.74 Å². The molecule has 0 saturated carbocycles. The van der Waals surface area contributed by atoms with Gasteiger partial charge in [-0.05, 0) is 46.0 Å². The number of esters is 1. The number of methoxy groups -OCH3 is 1. The molecule has 5 nitrogen and oxygen atoms in total. The molecule has 0 atom stereocenters. The van der Waals surface area contributed by atoms with Crippen molar-refractivity contribution < 1.29 is 9.53 Å². The van der Waals surface area contributed by atoms with Crippen LogP contribution in [0.15, 0.2) is 18.3 Å². The number of nitrogens with zero attached hydrogens (tertiary/aromatic N) is 2. The van der Waals surface area contributed by atoms with E-state index in [1.165, 1.54) is 7.11 Å². The number of hydrogen-bond donors (Lipinski definition) is 1. The lowest BCUT2D eigenvalue weighted by Gasteiger charge is -2.20. The molecule has 0 saturated heterocycles. The summed E-state index contributed by atoms with van der Waals surface area (Å²) in [6.07, 6.45) is 2.65. The van der Waals surface area contributed by atoms with Gasteiger partial charge in [0.2, 0.25) is 0 Å². The Hall–Kier alpha value is -1.62. The van der Waals surface area contributed by atoms with Crippen molar-refractivity contribution in [1.29, 1.82) is 0 Å². The van der Waals surface area contributed by atoms with E-state index >= 15 is 0 Å². The number of hydrogen-bond acceptors (Lipinski definition) is 5. The van der Waals surface area contributed by atoms with Crippen LogP contribution in [0.25, 0.3) is 0 Å². The lowest BCUT2D eigenvalue weighted by molar-refractivity contribution is 0.0601. The Labute approximate surface area is 115 Å². The number of nitrogens with one attached hydrogen (secondary N) is 1. The Morgan fingerprint density at radius 1 is 1.53 bits per heavy atom. The number of anilines is 1. The third-order valence-electron chi connectivity index (χ3n) is 3.07. The minimum Gasteiger partial charge on any atom is -0.465 e. The average molecular weight is 265 g/mol. The van der Waals surface area contributed by atoms with Gasteiger partial charge in [-0.1, -0.05) is 0 Å². The van der Waals surface area contributed by atoms with Gasteiger partial charge in [0.1, 0.15) is 11.4 Å². The SMILES string of the molecule is COC(=O)c1cccnc1NCCCN(C)C(C)C. The predicted octanol–water partition coefficient (Wildman–Crippen LogP) is 2.01. The van der Waals surface area contributed by atoms with Crippen LogP contribution in [0.4, 0.5) is 5.82 Å². The molecular weight excluding hydrogens is 242 g/mol. The van der Waals surface area contributed by atoms with Gasteiger partial charge in [0.25, 0.3) is 0 Å². The lowest BCUT2D eigenvalue weighted by atomic mass is 10.2. The molecule has 106 valence electrons. The molecule has 0 aliphatic carbocycles. The first-order chi connectivity index (χ1) is 9.06. The second-order valence-corrected chi connectivity index (χ2v) is 4.75. The van der Waals surface area contributed by atoms with Gasteiger partial charge in [0, 0.05) is 18.8 Å². The molecule has 0 aromatic carbocycles. The highest BCUT2D eigenvalue weighted by Crippen LogP contribution is 2.12. The Morgan fingerprint density at radius 3 is 2.89 bits per heavy atom. The molecule has 0 unspecified atom stereocenters. The number of aromatic nitrogens is 1. The lowest BCUT2D eigenvalue weighted by Crippen LogP contribution is -2.28. The van der Waals surface area contributed by atoms with Crippen LogP contribution >= 0.6 is 0 Å². The third-order valence-corrected chi connectivity index (χ3v) is 3.07. The molecule has 1 heterocycles. The summed E-state index contributed by atoms with van der Waals surface area (Å²) in [7, 11) is 3.47. The molecule has 0 spiro atoms. The minimum absolute atomic E-state index is 0.366. The first-order valence-electron chi connectivity index (χ1n) is 6.53. The number of carbonyl (C=O) groups is 1. The summed E-state index contributed by atoms with van der Waals surface area (Å²) >= 11 is 0. The van der Waals surface area contributed by atoms with E-state index in [4.69, 9.17) is 4.74 Å². The molecule has 5 heteroatoms. The van der Waals surface area contributed by atoms with Gasteiger partial charge >= 0.3 is 5.97 Å². The molecule has 1 N–H and O–H groups in total. The summed E-state index contributed by atoms with van der Waals surface area (Å²) < 4.78 is 4.73. The van der Waals surface area contributed by atoms with E-state index in [-0.39, 0.29) is 5.97 Å². The Bertz CT molecular complexity index is 407. The Kier molecular flexibility index (Phi) is 6.29. The summed E-state index contributed by atoms with van der Waals surface area (Å²) in [5.41, 5.74) is 0.474. The standard InChI is InChI=1S/C14H23N3O2/c1-11(2)17(3)10-6-9-16-13-12(14(18)19-4)7-5-8-15-13/h5,7-8,11H,6,9-10H2,1-4H3,(H,15,16). The van der Waals surface area contributed by atoms with E-state index in [1.807, 2.05) is 0 Å². The second-order valence-electron chi connectivity index (χ2n) is 4.75. The van der Waals surface area contributed by atoms with Crippen molar-refractivity contribution >= 4 is 11.8 Å². The summed E-state index contributed by atoms with van der Waals surface area (Å²) in [6, 6.07) is 3.98. The zero-order chi connectivity index (χ0) is 14.3. The van der Waals surface area contributed by atoms with Gasteiger partial charge < -0.3 is 15.0 Å². The molecular formula is C14H23N3O2. The molecule has 19 heavy (non-hydrogen) atoms. The maximum absolute atomic E-state index is 11.6. The van der Waals surface area contributed by atoms with Gasteiger partial charge in [0.05, 0.1) is 7.11 Å². The molecule has 0 fully saturated rings. The highest BCUT2D eigenvalue weighted by molar-refractivity contribution is 5.94. The summed E-state index contributed by atoms with van der Waals surface area (Å²) in [4.78, 5) is 18.0. The molecule has 1 rings (SSSR count). The number of pyridine rings is 1. The molecule has 0 aliphatic heterocycles. The fraction of sp³-hybridized carbons (Fsp3) is 0.571. The van der Waals surface area contributed by atoms with Crippen molar-refractivity contribution in [2.24, 2.45) is 0 Å². The number of rotatable bonds is 7. The minimum atomic E-state index is -0.366. The third kappa shape index (κ3) is 4.87. The number of carbonyl (C=O) groups excluding carboxylic acids is 1. The van der Waals surface area contributed by atoms with Gasteiger partial charge in [-0.2, -0.15) is 0 Å². The topological polar surface area (TPSA) is 54.5 Å². The van der Waals surface area contributed by atoms with E-state index in [1.54, 1.807) is 18.3 Å². The highest BCUT2D eigenvalue weighted by atomic mass is 16.5. The molecule has 0 aliphatic rings. The van der Waals surface area contributed by atoms with Crippen LogP contribution in [-0.4, -0.2) is 49.1 Å². The van der Waals surface area contributed by atoms with Crippen LogP contribution in [0.1, 0.15) is 30.6 Å². The summed E-state index contributed by atoms with van der Waals surface area (Å²) in [5.74, 6) is 0.219. The highest BCUT2D eigenvalue weighted by Gasteiger charge is 2.11. The fourth-order valence-corrected chi connectivity index (χ4v) is 1.61. The molecule has 1 aromatic rings. The summed E-state index contributed by atoms with van der Waals surface area (Å²) in [5, 5.41) is 3.18. The van der Waals surface area contributed by atoms with Crippen molar-refractivity contribution in [1.82, 2.24) is 9.88 Å². The average Bonchev–Trinajstić information content (AvgIpc) is 2.42. The molecule has 0 bridgehead atoms. The van der Waals surface area contributed by atoms with Crippen molar-refractivity contribution in [2.75, 3.05) is 32.6 Å². The first kappa shape index (κ1) is 15.4. The zero-order valence-electron chi connectivity index (χ0n) is 12.1. The fourth-order valence-electron chi connectivity index (χ4n) is 1.61. The smallest absolute Gasteiger partial charge is 0.341 e. The van der Waals surface area contributed by atoms with E-state index in [0.717, 1.165) is 19.5 Å². The quantitative estimate of drug-likeness (QED) is 0.604. The normalized spacial score (nSPS) is 10.8. The monoisotopic (exact) mass is 265 g/mol. The van der Waals surface area contributed by atoms with E-state index in [0.29, 0.717) is 17.4 Å². The molecule has 0 radical (unpaired) electrons. The van der Waals surface area contributed by atoms with E-state index < -0.39 is 0 Å². The first-order valence-corrected chi connectivity index (χ1v) is 6.53. The van der Waals surface area contributed by atoms with Crippen LogP contribution in [0.2, 0.25) is 0 Å². The molecule has 0 amide bonds. The Balaban J connectivity index is 2.47. The molecule has 1 aromatic heterocycles. The number of ether oxygens (including phenoxy) is 1. The van der Waals surface area contributed by atoms with Crippen LogP contribution in [0.3, 0.4) is 0 Å². The largest absolute Gasteiger partial charge is 0.465 e. The van der Waals surface area contributed by atoms with Crippen molar-refractivity contribution in [3.63, 3.8) is 0 Å². The summed E-state index contributed by atoms with van der Waals surface area (Å²) in [6.45, 7) is 6.12. The predicted molar refractivity (Wildman–Crippen MR) is 76.4 cm³/mol. The zero-order valence-corrected chi connectivity index (χ0v) is 12.1. The maximum atomic E-state index is 11.6. The maximum Gasteiger partial charge on any atom is 0.341 e. The van der Waals surface area contributed by atoms with Crippen molar-refractivity contribution in [3.05, 3.63) is 23.9 Å². The van der Waals surface area contributed by atoms with Crippen molar-refractivity contribution in [3.8, 4) is 0 Å². The van der Waals surface area contributed by atoms with Crippen LogP contribution < -0.4 is 5.32 Å². The van der Waals surface area contributed by atoms with Gasteiger partial charge in [-0.3, -0.25) is 0 Å². The van der Waals surface area contributed by atoms with Crippen LogP contribution in [0.5, 0.6) is 0 Å². The van der Waals surface area contributed by atoms with Gasteiger partial charge in [0.15, 0.2) is 0 Å². The Morgan fingerprint density at radius 2 is 2.26 bits per heavy atom. The van der Waals surface area contributed by atoms with Gasteiger partial charge in [-0.25, -0.2) is 9.78 Å².